The highest BCUT2D eigenvalue weighted by Crippen LogP contribution is 2.18. The maximum atomic E-state index is 4.24. The molecule has 0 amide bonds. The summed E-state index contributed by atoms with van der Waals surface area (Å²) < 4.78 is 0. The molecule has 4 nitrogen and oxygen atoms in total. The fourth-order valence-corrected chi connectivity index (χ4v) is 3.00. The highest BCUT2D eigenvalue weighted by atomic mass is 15.1. The molecule has 0 unspecified atom stereocenters. The van der Waals surface area contributed by atoms with Crippen LogP contribution in [0.1, 0.15) is 35.4 Å². The Bertz CT molecular complexity index is 577. The Balaban J connectivity index is 1.63. The Hall–Kier alpha value is -1.81. The molecular weight excluding hydrogens is 260 g/mol. The van der Waals surface area contributed by atoms with Gasteiger partial charge in [-0.15, -0.1) is 0 Å². The van der Waals surface area contributed by atoms with Gasteiger partial charge in [-0.1, -0.05) is 12.1 Å². The topological polar surface area (TPSA) is 44.0 Å². The van der Waals surface area contributed by atoms with Crippen LogP contribution < -0.4 is 5.32 Å². The maximum absolute atomic E-state index is 4.24. The fraction of sp³-hybridized carbons (Fsp3) is 0.471. The monoisotopic (exact) mass is 284 g/mol. The van der Waals surface area contributed by atoms with E-state index in [1.165, 1.54) is 42.7 Å². The molecule has 0 saturated carbocycles. The van der Waals surface area contributed by atoms with E-state index in [0.29, 0.717) is 0 Å². The van der Waals surface area contributed by atoms with Crippen molar-refractivity contribution >= 4 is 5.69 Å². The van der Waals surface area contributed by atoms with Crippen LogP contribution in [0.15, 0.2) is 24.3 Å². The summed E-state index contributed by atoms with van der Waals surface area (Å²) in [6.07, 6.45) is 2.69. The van der Waals surface area contributed by atoms with Gasteiger partial charge in [0.05, 0.1) is 5.69 Å². The van der Waals surface area contributed by atoms with Crippen molar-refractivity contribution in [2.45, 2.75) is 39.8 Å². The standard InChI is InChI=1S/C17H24N4/c1-13-17(14(2)20-19-13)11-18-16-7-5-6-15(10-16)12-21-8-3-4-9-21/h5-7,10,18H,3-4,8-9,11-12H2,1-2H3,(H,19,20). The van der Waals surface area contributed by atoms with Gasteiger partial charge in [0.15, 0.2) is 0 Å². The molecule has 1 fully saturated rings. The second-order valence-electron chi connectivity index (χ2n) is 5.95. The predicted molar refractivity (Wildman–Crippen MR) is 86.3 cm³/mol. The van der Waals surface area contributed by atoms with E-state index in [1.807, 2.05) is 6.92 Å². The molecule has 0 radical (unpaired) electrons. The van der Waals surface area contributed by atoms with Crippen molar-refractivity contribution in [2.24, 2.45) is 0 Å². The fourth-order valence-electron chi connectivity index (χ4n) is 3.00. The maximum Gasteiger partial charge on any atom is 0.0643 e. The van der Waals surface area contributed by atoms with E-state index < -0.39 is 0 Å². The van der Waals surface area contributed by atoms with Gasteiger partial charge >= 0.3 is 0 Å². The minimum atomic E-state index is 0.821. The summed E-state index contributed by atoms with van der Waals surface area (Å²) >= 11 is 0. The Morgan fingerprint density at radius 2 is 2.05 bits per heavy atom. The molecule has 0 bridgehead atoms. The number of H-pyrrole nitrogens is 1. The zero-order valence-electron chi connectivity index (χ0n) is 12.9. The van der Waals surface area contributed by atoms with Crippen molar-refractivity contribution in [2.75, 3.05) is 18.4 Å². The Morgan fingerprint density at radius 3 is 2.76 bits per heavy atom. The molecule has 0 atom stereocenters. The smallest absolute Gasteiger partial charge is 0.0643 e. The third-order valence-electron chi connectivity index (χ3n) is 4.28. The molecule has 4 heteroatoms. The van der Waals surface area contributed by atoms with E-state index in [1.54, 1.807) is 0 Å². The van der Waals surface area contributed by atoms with Crippen molar-refractivity contribution in [1.82, 2.24) is 15.1 Å². The highest BCUT2D eigenvalue weighted by molar-refractivity contribution is 5.46. The van der Waals surface area contributed by atoms with E-state index in [0.717, 1.165) is 24.5 Å². The summed E-state index contributed by atoms with van der Waals surface area (Å²) in [5, 5.41) is 10.8. The largest absolute Gasteiger partial charge is 0.381 e. The van der Waals surface area contributed by atoms with E-state index >= 15 is 0 Å². The first-order valence-electron chi connectivity index (χ1n) is 7.78. The summed E-state index contributed by atoms with van der Waals surface area (Å²) in [4.78, 5) is 2.53. The second kappa shape index (κ2) is 6.31. The molecule has 2 N–H and O–H groups in total. The van der Waals surface area contributed by atoms with Gasteiger partial charge in [-0.25, -0.2) is 0 Å². The minimum absolute atomic E-state index is 0.821. The Kier molecular flexibility index (Phi) is 4.25. The number of aromatic nitrogens is 2. The van der Waals surface area contributed by atoms with Crippen LogP contribution in [0.3, 0.4) is 0 Å². The average Bonchev–Trinajstić information content (AvgIpc) is 3.09. The lowest BCUT2D eigenvalue weighted by atomic mass is 10.1. The number of aromatic amines is 1. The van der Waals surface area contributed by atoms with Crippen LogP contribution in [0.2, 0.25) is 0 Å². The quantitative estimate of drug-likeness (QED) is 0.886. The molecule has 1 aliphatic rings. The van der Waals surface area contributed by atoms with Gasteiger partial charge in [-0.2, -0.15) is 5.10 Å². The number of nitrogens with zero attached hydrogens (tertiary/aromatic N) is 2. The van der Waals surface area contributed by atoms with Gasteiger partial charge in [0.1, 0.15) is 0 Å². The number of rotatable bonds is 5. The summed E-state index contributed by atoms with van der Waals surface area (Å²) in [6, 6.07) is 8.77. The van der Waals surface area contributed by atoms with Gasteiger partial charge in [0, 0.05) is 30.0 Å². The van der Waals surface area contributed by atoms with Crippen molar-refractivity contribution in [3.05, 3.63) is 46.8 Å². The van der Waals surface area contributed by atoms with Gasteiger partial charge < -0.3 is 5.32 Å². The first-order valence-corrected chi connectivity index (χ1v) is 7.78. The van der Waals surface area contributed by atoms with Crippen LogP contribution in [0, 0.1) is 13.8 Å². The van der Waals surface area contributed by atoms with Crippen LogP contribution in [0.25, 0.3) is 0 Å². The minimum Gasteiger partial charge on any atom is -0.381 e. The molecule has 112 valence electrons. The molecular formula is C17H24N4. The highest BCUT2D eigenvalue weighted by Gasteiger charge is 2.12. The van der Waals surface area contributed by atoms with Crippen LogP contribution in [-0.2, 0) is 13.1 Å². The number of hydrogen-bond acceptors (Lipinski definition) is 3. The van der Waals surface area contributed by atoms with Crippen molar-refractivity contribution in [1.29, 1.82) is 0 Å². The van der Waals surface area contributed by atoms with E-state index in [2.05, 4.69) is 51.6 Å². The number of nitrogens with one attached hydrogen (secondary N) is 2. The molecule has 1 aliphatic heterocycles. The molecule has 1 aromatic carbocycles. The number of likely N-dealkylation sites (tertiary alicyclic amines) is 1. The third-order valence-corrected chi connectivity index (χ3v) is 4.28. The number of aryl methyl sites for hydroxylation is 2. The lowest BCUT2D eigenvalue weighted by molar-refractivity contribution is 0.331. The van der Waals surface area contributed by atoms with Gasteiger partial charge in [-0.05, 0) is 57.5 Å². The summed E-state index contributed by atoms with van der Waals surface area (Å²) in [6.45, 7) is 8.49. The van der Waals surface area contributed by atoms with Gasteiger partial charge in [0.25, 0.3) is 0 Å². The lowest BCUT2D eigenvalue weighted by Crippen LogP contribution is -2.18. The molecule has 0 spiro atoms. The van der Waals surface area contributed by atoms with E-state index in [9.17, 15) is 0 Å². The molecule has 2 aromatic rings. The Labute approximate surface area is 126 Å². The van der Waals surface area contributed by atoms with Crippen LogP contribution in [0.4, 0.5) is 5.69 Å². The van der Waals surface area contributed by atoms with Crippen molar-refractivity contribution in [3.8, 4) is 0 Å². The van der Waals surface area contributed by atoms with Gasteiger partial charge in [-0.3, -0.25) is 10.00 Å². The summed E-state index contributed by atoms with van der Waals surface area (Å²) in [7, 11) is 0. The Morgan fingerprint density at radius 1 is 1.24 bits per heavy atom. The third kappa shape index (κ3) is 3.45. The van der Waals surface area contributed by atoms with E-state index in [4.69, 9.17) is 0 Å². The number of benzene rings is 1. The average molecular weight is 284 g/mol. The molecule has 0 aliphatic carbocycles. The molecule has 1 aromatic heterocycles. The molecule has 2 heterocycles. The zero-order chi connectivity index (χ0) is 14.7. The SMILES string of the molecule is Cc1n[nH]c(C)c1CNc1cccc(CN2CCCC2)c1. The van der Waals surface area contributed by atoms with Crippen LogP contribution in [0.5, 0.6) is 0 Å². The number of anilines is 1. The van der Waals surface area contributed by atoms with Gasteiger partial charge in [0.2, 0.25) is 0 Å². The van der Waals surface area contributed by atoms with E-state index in [-0.39, 0.29) is 0 Å². The normalized spacial score (nSPS) is 15.5. The van der Waals surface area contributed by atoms with Crippen molar-refractivity contribution in [3.63, 3.8) is 0 Å². The predicted octanol–water partition coefficient (Wildman–Crippen LogP) is 3.23. The van der Waals surface area contributed by atoms with Crippen LogP contribution in [-0.4, -0.2) is 28.2 Å². The number of hydrogen-bond donors (Lipinski definition) is 2. The molecule has 1 saturated heterocycles. The lowest BCUT2D eigenvalue weighted by Gasteiger charge is -2.15. The summed E-state index contributed by atoms with van der Waals surface area (Å²) in [5.41, 5.74) is 6.07. The van der Waals surface area contributed by atoms with Crippen molar-refractivity contribution < 1.29 is 0 Å². The molecule has 21 heavy (non-hydrogen) atoms. The first-order chi connectivity index (χ1) is 10.2. The summed E-state index contributed by atoms with van der Waals surface area (Å²) in [5.74, 6) is 0. The molecule has 3 rings (SSSR count). The zero-order valence-corrected chi connectivity index (χ0v) is 12.9. The first kappa shape index (κ1) is 14.1. The van der Waals surface area contributed by atoms with Crippen LogP contribution >= 0.6 is 0 Å². The second-order valence-corrected chi connectivity index (χ2v) is 5.95.